The lowest BCUT2D eigenvalue weighted by Gasteiger charge is -2.06. The number of carbonyl (C=O) groups is 2. The first-order valence-electron chi connectivity index (χ1n) is 13.2. The van der Waals surface area contributed by atoms with E-state index in [0.29, 0.717) is 46.5 Å². The van der Waals surface area contributed by atoms with Crippen LogP contribution in [0.4, 0.5) is 5.13 Å². The molecular weight excluding hydrogens is 580 g/mol. The first kappa shape index (κ1) is 32.7. The van der Waals surface area contributed by atoms with E-state index in [1.807, 2.05) is 6.07 Å². The molecule has 0 aliphatic carbocycles. The zero-order valence-corrected chi connectivity index (χ0v) is 24.6. The van der Waals surface area contributed by atoms with Crippen LogP contribution >= 0.6 is 23.1 Å². The summed E-state index contributed by atoms with van der Waals surface area (Å²) in [4.78, 5) is 28.6. The fraction of sp³-hybridized carbons (Fsp3) is 0.357. The Kier molecular flexibility index (Phi) is 13.9. The average Bonchev–Trinajstić information content (AvgIpc) is 3.40. The zero-order chi connectivity index (χ0) is 30.2. The van der Waals surface area contributed by atoms with Crippen LogP contribution in [-0.2, 0) is 28.9 Å². The predicted molar refractivity (Wildman–Crippen MR) is 163 cm³/mol. The third kappa shape index (κ3) is 12.3. The highest BCUT2D eigenvalue weighted by atomic mass is 32.2. The Morgan fingerprint density at radius 3 is 2.26 bits per heavy atom. The molecule has 224 valence electrons. The standard InChI is InChI=1S/C28H34N6O6S2/c29-23(41-27(30)31-24(37)17-19-5-3-7-21(15-19)39-13-11-35)9-1-2-10-26-33-34-28(42-26)32-25(38)18-20-6-4-8-22(16-20)40-14-12-36/h3-8,15-16,29,35-36H,1-2,9-14,17-18H2,(H2,30,31,37)(H,32,34,38). The van der Waals surface area contributed by atoms with Crippen LogP contribution in [-0.4, -0.2) is 68.9 Å². The van der Waals surface area contributed by atoms with Crippen LogP contribution in [0.2, 0.25) is 0 Å². The smallest absolute Gasteiger partial charge is 0.252 e. The van der Waals surface area contributed by atoms with Crippen molar-refractivity contribution in [3.05, 3.63) is 64.7 Å². The van der Waals surface area contributed by atoms with Crippen LogP contribution in [0.3, 0.4) is 0 Å². The number of rotatable bonds is 16. The van der Waals surface area contributed by atoms with Gasteiger partial charge in [0.15, 0.2) is 5.17 Å². The van der Waals surface area contributed by atoms with Crippen molar-refractivity contribution in [1.82, 2.24) is 10.2 Å². The van der Waals surface area contributed by atoms with Gasteiger partial charge < -0.3 is 30.7 Å². The van der Waals surface area contributed by atoms with Crippen molar-refractivity contribution in [1.29, 1.82) is 5.41 Å². The molecule has 0 saturated carbocycles. The Morgan fingerprint density at radius 1 is 0.976 bits per heavy atom. The minimum Gasteiger partial charge on any atom is -0.491 e. The van der Waals surface area contributed by atoms with Crippen molar-refractivity contribution in [2.24, 2.45) is 10.7 Å². The number of nitrogens with two attached hydrogens (primary N) is 1. The third-order valence-corrected chi connectivity index (χ3v) is 7.11. The van der Waals surface area contributed by atoms with Crippen molar-refractivity contribution >= 4 is 50.3 Å². The van der Waals surface area contributed by atoms with E-state index in [2.05, 4.69) is 20.5 Å². The molecule has 0 radical (unpaired) electrons. The number of thioether (sulfide) groups is 1. The van der Waals surface area contributed by atoms with E-state index in [9.17, 15) is 9.59 Å². The topological polar surface area (TPSA) is 193 Å². The number of unbranched alkanes of at least 4 members (excludes halogenated alkanes) is 1. The first-order valence-corrected chi connectivity index (χ1v) is 14.9. The van der Waals surface area contributed by atoms with Crippen LogP contribution in [0.1, 0.15) is 35.4 Å². The van der Waals surface area contributed by atoms with Gasteiger partial charge in [-0.15, -0.1) is 10.2 Å². The summed E-state index contributed by atoms with van der Waals surface area (Å²) in [6.07, 6.45) is 2.79. The lowest BCUT2D eigenvalue weighted by Crippen LogP contribution is -2.14. The number of aliphatic hydroxyl groups is 2. The third-order valence-electron chi connectivity index (χ3n) is 5.46. The van der Waals surface area contributed by atoms with Gasteiger partial charge in [-0.2, -0.15) is 4.99 Å². The number of aromatic nitrogens is 2. The second kappa shape index (κ2) is 17.9. The number of ether oxygens (including phenoxy) is 2. The molecule has 6 N–H and O–H groups in total. The van der Waals surface area contributed by atoms with E-state index < -0.39 is 5.91 Å². The molecule has 12 nitrogen and oxygen atoms in total. The van der Waals surface area contributed by atoms with Crippen molar-refractivity contribution in [3.63, 3.8) is 0 Å². The summed E-state index contributed by atoms with van der Waals surface area (Å²) in [7, 11) is 0. The number of aliphatic hydroxyl groups excluding tert-OH is 2. The van der Waals surface area contributed by atoms with Gasteiger partial charge in [0.2, 0.25) is 11.0 Å². The van der Waals surface area contributed by atoms with Gasteiger partial charge in [-0.25, -0.2) is 0 Å². The minimum absolute atomic E-state index is 0.0200. The maximum atomic E-state index is 12.4. The van der Waals surface area contributed by atoms with Gasteiger partial charge in [0, 0.05) is 6.42 Å². The second-order valence-corrected chi connectivity index (χ2v) is 11.1. The summed E-state index contributed by atoms with van der Waals surface area (Å²) >= 11 is 2.27. The second-order valence-electron chi connectivity index (χ2n) is 8.92. The van der Waals surface area contributed by atoms with Crippen LogP contribution in [0.15, 0.2) is 53.5 Å². The molecule has 0 aliphatic heterocycles. The Bertz CT molecular complexity index is 1370. The van der Waals surface area contributed by atoms with Crippen LogP contribution in [0.25, 0.3) is 0 Å². The summed E-state index contributed by atoms with van der Waals surface area (Å²) in [6, 6.07) is 14.1. The molecular formula is C28H34N6O6S2. The molecule has 0 spiro atoms. The first-order chi connectivity index (χ1) is 20.3. The Balaban J connectivity index is 1.34. The molecule has 0 saturated heterocycles. The van der Waals surface area contributed by atoms with Gasteiger partial charge in [-0.3, -0.25) is 15.0 Å². The summed E-state index contributed by atoms with van der Waals surface area (Å²) in [5.74, 6) is 0.500. The van der Waals surface area contributed by atoms with E-state index in [4.69, 9.17) is 30.8 Å². The molecule has 0 fully saturated rings. The van der Waals surface area contributed by atoms with E-state index in [1.54, 1.807) is 42.5 Å². The van der Waals surface area contributed by atoms with Crippen LogP contribution in [0, 0.1) is 5.41 Å². The summed E-state index contributed by atoms with van der Waals surface area (Å²) in [5.41, 5.74) is 7.36. The van der Waals surface area contributed by atoms with Gasteiger partial charge in [-0.1, -0.05) is 35.6 Å². The van der Waals surface area contributed by atoms with Gasteiger partial charge >= 0.3 is 0 Å². The van der Waals surface area contributed by atoms with Gasteiger partial charge in [0.05, 0.1) is 31.1 Å². The highest BCUT2D eigenvalue weighted by Gasteiger charge is 2.11. The number of benzene rings is 2. The average molecular weight is 615 g/mol. The predicted octanol–water partition coefficient (Wildman–Crippen LogP) is 2.97. The molecule has 0 unspecified atom stereocenters. The van der Waals surface area contributed by atoms with E-state index >= 15 is 0 Å². The van der Waals surface area contributed by atoms with Crippen molar-refractivity contribution in [2.75, 3.05) is 31.7 Å². The summed E-state index contributed by atoms with van der Waals surface area (Å²) < 4.78 is 10.7. The molecule has 2 amide bonds. The number of amidine groups is 1. The van der Waals surface area contributed by atoms with Crippen LogP contribution in [0.5, 0.6) is 11.5 Å². The maximum absolute atomic E-state index is 12.4. The number of nitrogens with one attached hydrogen (secondary N) is 2. The monoisotopic (exact) mass is 614 g/mol. The number of hydrogen-bond donors (Lipinski definition) is 5. The Morgan fingerprint density at radius 2 is 1.62 bits per heavy atom. The van der Waals surface area contributed by atoms with E-state index in [-0.39, 0.29) is 50.3 Å². The molecule has 2 aromatic carbocycles. The number of hydrogen-bond acceptors (Lipinski definition) is 11. The Labute approximate surface area is 251 Å². The van der Waals surface area contributed by atoms with Crippen molar-refractivity contribution < 1.29 is 29.3 Å². The lowest BCUT2D eigenvalue weighted by atomic mass is 10.1. The SMILES string of the molecule is N=C(CCCCc1nnc(NC(=O)Cc2cccc(OCCO)c2)s1)SC(N)=NC(=O)Cc1cccc(OCCO)c1. The molecule has 0 bridgehead atoms. The molecule has 0 atom stereocenters. The molecule has 42 heavy (non-hydrogen) atoms. The van der Waals surface area contributed by atoms with Gasteiger partial charge in [0.1, 0.15) is 29.7 Å². The fourth-order valence-corrected chi connectivity index (χ4v) is 5.11. The summed E-state index contributed by atoms with van der Waals surface area (Å²) in [5, 5.41) is 38.4. The molecule has 3 aromatic rings. The largest absolute Gasteiger partial charge is 0.491 e. The van der Waals surface area contributed by atoms with Gasteiger partial charge in [0.25, 0.3) is 5.91 Å². The quantitative estimate of drug-likeness (QED) is 0.0910. The highest BCUT2D eigenvalue weighted by molar-refractivity contribution is 8.26. The van der Waals surface area contributed by atoms with Crippen molar-refractivity contribution in [2.45, 2.75) is 38.5 Å². The summed E-state index contributed by atoms with van der Waals surface area (Å²) in [6.45, 7) is 0.172. The minimum atomic E-state index is -0.424. The molecule has 3 rings (SSSR count). The molecule has 0 aliphatic rings. The zero-order valence-electron chi connectivity index (χ0n) is 23.0. The van der Waals surface area contributed by atoms with Crippen molar-refractivity contribution in [3.8, 4) is 11.5 Å². The molecule has 1 aromatic heterocycles. The number of aliphatic imine (C=N–C) groups is 1. The van der Waals surface area contributed by atoms with Gasteiger partial charge in [-0.05, 0) is 66.4 Å². The van der Waals surface area contributed by atoms with Crippen LogP contribution < -0.4 is 20.5 Å². The number of amides is 2. The Hall–Kier alpha value is -3.85. The number of anilines is 1. The number of nitrogens with zero attached hydrogens (tertiary/aromatic N) is 3. The molecule has 1 heterocycles. The maximum Gasteiger partial charge on any atom is 0.252 e. The van der Waals surface area contributed by atoms with E-state index in [0.717, 1.165) is 28.8 Å². The lowest BCUT2D eigenvalue weighted by molar-refractivity contribution is -0.117. The normalized spacial score (nSPS) is 11.2. The number of carbonyl (C=O) groups excluding carboxylic acids is 2. The fourth-order valence-electron chi connectivity index (χ4n) is 3.67. The molecule has 14 heteroatoms. The highest BCUT2D eigenvalue weighted by Crippen LogP contribution is 2.20. The van der Waals surface area contributed by atoms with E-state index in [1.165, 1.54) is 11.3 Å². The number of aryl methyl sites for hydroxylation is 1.